The van der Waals surface area contributed by atoms with E-state index in [1.54, 1.807) is 36.3 Å². The first-order valence-electron chi connectivity index (χ1n) is 15.2. The van der Waals surface area contributed by atoms with Gasteiger partial charge in [0.2, 0.25) is 18.4 Å². The Hall–Kier alpha value is -4.48. The quantitative estimate of drug-likeness (QED) is 0.270. The minimum atomic E-state index is -0.987. The van der Waals surface area contributed by atoms with Gasteiger partial charge >= 0.3 is 5.97 Å². The van der Waals surface area contributed by atoms with Crippen molar-refractivity contribution in [1.29, 1.82) is 0 Å². The van der Waals surface area contributed by atoms with Crippen LogP contribution < -0.4 is 34.3 Å². The third-order valence-electron chi connectivity index (χ3n) is 8.45. The molecule has 11 nitrogen and oxygen atoms in total. The van der Waals surface area contributed by atoms with Crippen molar-refractivity contribution < 1.29 is 38.4 Å². The van der Waals surface area contributed by atoms with Crippen LogP contribution in [0.2, 0.25) is 0 Å². The lowest BCUT2D eigenvalue weighted by molar-refractivity contribution is -0.143. The van der Waals surface area contributed by atoms with Gasteiger partial charge in [-0.1, -0.05) is 37.6 Å². The van der Waals surface area contributed by atoms with E-state index in [0.717, 1.165) is 29.7 Å². The maximum absolute atomic E-state index is 14.1. The standard InChI is InChI=1S/C34H41N3O8/c1-4-5-13-37(24-10-8-9-22(14-24)17-35)31(38)19-36-18-25(23-15-29(42-3)33-30(16-23)44-21-45-33)32(34(39)40)26(36)20-43-28-12-7-6-11-27(28)41-2/h6-12,14-16,25-26,32H,4-5,13,17-21,35H2,1-3H3,(H,39,40)/t25-,26+,32-/m1/s1. The lowest BCUT2D eigenvalue weighted by atomic mass is 9.85. The number of carboxylic acids is 1. The molecule has 0 aromatic heterocycles. The van der Waals surface area contributed by atoms with Gasteiger partial charge < -0.3 is 39.4 Å². The van der Waals surface area contributed by atoms with Crippen molar-refractivity contribution in [2.75, 3.05) is 52.2 Å². The first kappa shape index (κ1) is 31.9. The van der Waals surface area contributed by atoms with Gasteiger partial charge in [-0.25, -0.2) is 0 Å². The second-order valence-corrected chi connectivity index (χ2v) is 11.2. The molecule has 2 aliphatic rings. The molecule has 45 heavy (non-hydrogen) atoms. The minimum Gasteiger partial charge on any atom is -0.493 e. The topological polar surface area (TPSA) is 133 Å². The van der Waals surface area contributed by atoms with Crippen LogP contribution in [0.5, 0.6) is 28.7 Å². The first-order valence-corrected chi connectivity index (χ1v) is 15.2. The van der Waals surface area contributed by atoms with Crippen molar-refractivity contribution in [3.8, 4) is 28.7 Å². The fraction of sp³-hybridized carbons (Fsp3) is 0.412. The van der Waals surface area contributed by atoms with Crippen molar-refractivity contribution in [2.24, 2.45) is 11.7 Å². The largest absolute Gasteiger partial charge is 0.493 e. The van der Waals surface area contributed by atoms with Crippen molar-refractivity contribution in [1.82, 2.24) is 4.90 Å². The summed E-state index contributed by atoms with van der Waals surface area (Å²) < 4.78 is 28.5. The van der Waals surface area contributed by atoms with Crippen LogP contribution in [0, 0.1) is 5.92 Å². The van der Waals surface area contributed by atoms with E-state index >= 15 is 0 Å². The molecule has 1 saturated heterocycles. The number of nitrogens with two attached hydrogens (primary N) is 1. The van der Waals surface area contributed by atoms with Crippen molar-refractivity contribution in [3.05, 3.63) is 71.8 Å². The number of methoxy groups -OCH3 is 2. The average Bonchev–Trinajstić information content (AvgIpc) is 3.68. The van der Waals surface area contributed by atoms with Gasteiger partial charge in [-0.15, -0.1) is 0 Å². The molecule has 11 heteroatoms. The number of carboxylic acid groups (broad SMARTS) is 1. The van der Waals surface area contributed by atoms with Crippen molar-refractivity contribution in [3.63, 3.8) is 0 Å². The lowest BCUT2D eigenvalue weighted by Gasteiger charge is -2.30. The number of nitrogens with zero attached hydrogens (tertiary/aromatic N) is 2. The molecule has 3 aromatic rings. The van der Waals surface area contributed by atoms with E-state index in [-0.39, 0.29) is 25.9 Å². The second kappa shape index (κ2) is 14.5. The zero-order chi connectivity index (χ0) is 31.9. The number of rotatable bonds is 14. The van der Waals surface area contributed by atoms with Gasteiger partial charge in [-0.2, -0.15) is 0 Å². The molecular weight excluding hydrogens is 578 g/mol. The zero-order valence-electron chi connectivity index (χ0n) is 25.9. The van der Waals surface area contributed by atoms with E-state index in [1.807, 2.05) is 41.3 Å². The van der Waals surface area contributed by atoms with E-state index in [2.05, 4.69) is 6.92 Å². The van der Waals surface area contributed by atoms with Crippen LogP contribution in [0.1, 0.15) is 36.8 Å². The molecule has 3 atom stereocenters. The van der Waals surface area contributed by atoms with Crippen LogP contribution in [0.15, 0.2) is 60.7 Å². The number of likely N-dealkylation sites (tertiary alicyclic amines) is 1. The molecule has 0 saturated carbocycles. The summed E-state index contributed by atoms with van der Waals surface area (Å²) in [4.78, 5) is 30.8. The molecule has 240 valence electrons. The normalized spacial score (nSPS) is 18.9. The number of anilines is 1. The van der Waals surface area contributed by atoms with Gasteiger partial charge in [0.15, 0.2) is 23.0 Å². The minimum absolute atomic E-state index is 0.00150. The summed E-state index contributed by atoms with van der Waals surface area (Å²) >= 11 is 0. The van der Waals surface area contributed by atoms with Gasteiger partial charge in [-0.3, -0.25) is 14.5 Å². The SMILES string of the molecule is CCCCN(C(=O)CN1C[C@H](c2cc(OC)c3c(c2)OCO3)[C@@H](C(=O)O)[C@@H]1COc1ccccc1OC)c1cccc(CN)c1. The average molecular weight is 620 g/mol. The molecule has 2 aliphatic heterocycles. The highest BCUT2D eigenvalue weighted by Gasteiger charge is 2.48. The van der Waals surface area contributed by atoms with E-state index in [1.165, 1.54) is 7.11 Å². The number of hydrogen-bond acceptors (Lipinski definition) is 9. The highest BCUT2D eigenvalue weighted by Crippen LogP contribution is 2.47. The van der Waals surface area contributed by atoms with Gasteiger partial charge in [0.1, 0.15) is 6.61 Å². The summed E-state index contributed by atoms with van der Waals surface area (Å²) in [6.07, 6.45) is 1.73. The number of hydrogen-bond donors (Lipinski definition) is 2. The Balaban J connectivity index is 1.49. The van der Waals surface area contributed by atoms with Crippen molar-refractivity contribution in [2.45, 2.75) is 38.3 Å². The number of amides is 1. The number of carbonyl (C=O) groups is 2. The molecule has 3 aromatic carbocycles. The van der Waals surface area contributed by atoms with Gasteiger partial charge in [0.25, 0.3) is 0 Å². The predicted octanol–water partition coefficient (Wildman–Crippen LogP) is 4.27. The summed E-state index contributed by atoms with van der Waals surface area (Å²) in [6, 6.07) is 17.8. The van der Waals surface area contributed by atoms with E-state index in [9.17, 15) is 14.7 Å². The fourth-order valence-corrected chi connectivity index (χ4v) is 6.14. The number of aliphatic carboxylic acids is 1. The molecular formula is C34H41N3O8. The Morgan fingerprint density at radius 3 is 2.51 bits per heavy atom. The van der Waals surface area contributed by atoms with Crippen LogP contribution in [0.4, 0.5) is 5.69 Å². The number of para-hydroxylation sites is 2. The third kappa shape index (κ3) is 6.94. The van der Waals surface area contributed by atoms with Gasteiger partial charge in [0.05, 0.1) is 32.7 Å². The number of benzene rings is 3. The van der Waals surface area contributed by atoms with Crippen molar-refractivity contribution >= 4 is 17.6 Å². The van der Waals surface area contributed by atoms with E-state index in [4.69, 9.17) is 29.4 Å². The highest BCUT2D eigenvalue weighted by atomic mass is 16.7. The monoisotopic (exact) mass is 619 g/mol. The molecule has 0 radical (unpaired) electrons. The molecule has 0 unspecified atom stereocenters. The summed E-state index contributed by atoms with van der Waals surface area (Å²) in [6.45, 7) is 3.35. The Morgan fingerprint density at radius 1 is 1.02 bits per heavy atom. The molecule has 0 bridgehead atoms. The van der Waals surface area contributed by atoms with Gasteiger partial charge in [0, 0.05) is 31.2 Å². The number of ether oxygens (including phenoxy) is 5. The Kier molecular flexibility index (Phi) is 10.3. The molecule has 0 spiro atoms. The first-order chi connectivity index (χ1) is 21.9. The Bertz CT molecular complexity index is 1500. The Morgan fingerprint density at radius 2 is 1.80 bits per heavy atom. The number of unbranched alkanes of at least 4 members (excludes halogenated alkanes) is 1. The number of carbonyl (C=O) groups excluding carboxylic acids is 1. The van der Waals surface area contributed by atoms with Crippen LogP contribution in [0.25, 0.3) is 0 Å². The molecule has 2 heterocycles. The summed E-state index contributed by atoms with van der Waals surface area (Å²) in [5, 5.41) is 10.6. The molecule has 0 aliphatic carbocycles. The van der Waals surface area contributed by atoms with Gasteiger partial charge in [-0.05, 0) is 53.9 Å². The molecule has 5 rings (SSSR count). The zero-order valence-corrected chi connectivity index (χ0v) is 25.9. The van der Waals surface area contributed by atoms with Crippen LogP contribution in [0.3, 0.4) is 0 Å². The van der Waals surface area contributed by atoms with E-state index in [0.29, 0.717) is 48.4 Å². The summed E-state index contributed by atoms with van der Waals surface area (Å²) in [5.74, 6) is -0.0373. The van der Waals surface area contributed by atoms with Crippen LogP contribution >= 0.6 is 0 Å². The lowest BCUT2D eigenvalue weighted by Crippen LogP contribution is -2.46. The summed E-state index contributed by atoms with van der Waals surface area (Å²) in [5.41, 5.74) is 8.31. The van der Waals surface area contributed by atoms with Crippen LogP contribution in [-0.2, 0) is 16.1 Å². The maximum Gasteiger partial charge on any atom is 0.308 e. The highest BCUT2D eigenvalue weighted by molar-refractivity contribution is 5.95. The smallest absolute Gasteiger partial charge is 0.308 e. The predicted molar refractivity (Wildman–Crippen MR) is 168 cm³/mol. The van der Waals surface area contributed by atoms with Crippen LogP contribution in [-0.4, -0.2) is 75.2 Å². The third-order valence-corrected chi connectivity index (χ3v) is 8.45. The maximum atomic E-state index is 14.1. The number of fused-ring (bicyclic) bond motifs is 1. The summed E-state index contributed by atoms with van der Waals surface area (Å²) in [7, 11) is 3.08. The molecule has 3 N–H and O–H groups in total. The van der Waals surface area contributed by atoms with E-state index < -0.39 is 23.8 Å². The Labute approximate surface area is 263 Å². The second-order valence-electron chi connectivity index (χ2n) is 11.2. The molecule has 1 fully saturated rings. The fourth-order valence-electron chi connectivity index (χ4n) is 6.14. The molecule has 1 amide bonds.